The van der Waals surface area contributed by atoms with Gasteiger partial charge >= 0.3 is 0 Å². The van der Waals surface area contributed by atoms with Gasteiger partial charge in [-0.2, -0.15) is 0 Å². The van der Waals surface area contributed by atoms with E-state index in [1.165, 1.54) is 0 Å². The number of hydrogen-bond acceptors (Lipinski definition) is 4. The summed E-state index contributed by atoms with van der Waals surface area (Å²) in [4.78, 5) is 13.7. The topological polar surface area (TPSA) is 31.2 Å². The lowest BCUT2D eigenvalue weighted by atomic mass is 10.1. The van der Waals surface area contributed by atoms with E-state index < -0.39 is 0 Å². The third-order valence-electron chi connectivity index (χ3n) is 3.80. The monoisotopic (exact) mass is 272 g/mol. The smallest absolute Gasteiger partial charge is 0.0716 e. The lowest BCUT2D eigenvalue weighted by Crippen LogP contribution is -2.44. The quantitative estimate of drug-likeness (QED) is 0.786. The molecule has 4 nitrogen and oxygen atoms in total. The molecule has 20 heavy (non-hydrogen) atoms. The average Bonchev–Trinajstić information content (AvgIpc) is 2.49. The van der Waals surface area contributed by atoms with Gasteiger partial charge in [0.2, 0.25) is 0 Å². The first kappa shape index (κ1) is 14.9. The number of rotatable bonds is 4. The summed E-state index contributed by atoms with van der Waals surface area (Å²) in [6.07, 6.45) is 2.02. The largest absolute Gasteiger partial charge is 0.304 e. The minimum absolute atomic E-state index is 0.921. The maximum atomic E-state index is 4.63. The standard InChI is InChI=1S/C16H24N4/c1-14(17-2)15-6-4-5-7-16(15)18-8-9-20-12-10-19(3)11-13-20/h4-8H,9-13H2,1-3H3. The molecule has 0 radical (unpaired) electrons. The van der Waals surface area contributed by atoms with Crippen LogP contribution in [0.15, 0.2) is 34.3 Å². The Hall–Kier alpha value is -1.52. The summed E-state index contributed by atoms with van der Waals surface area (Å²) in [5.41, 5.74) is 3.15. The number of benzene rings is 1. The molecule has 0 unspecified atom stereocenters. The van der Waals surface area contributed by atoms with Crippen molar-refractivity contribution < 1.29 is 0 Å². The zero-order valence-corrected chi connectivity index (χ0v) is 12.7. The summed E-state index contributed by atoms with van der Waals surface area (Å²) in [7, 11) is 3.99. The summed E-state index contributed by atoms with van der Waals surface area (Å²) in [5.74, 6) is 0. The van der Waals surface area contributed by atoms with Crippen LogP contribution in [0.1, 0.15) is 12.5 Å². The maximum absolute atomic E-state index is 4.63. The minimum Gasteiger partial charge on any atom is -0.304 e. The molecule has 0 spiro atoms. The van der Waals surface area contributed by atoms with E-state index in [0.29, 0.717) is 0 Å². The van der Waals surface area contributed by atoms with E-state index in [1.54, 1.807) is 0 Å². The van der Waals surface area contributed by atoms with E-state index >= 15 is 0 Å². The van der Waals surface area contributed by atoms with Crippen molar-refractivity contribution in [2.45, 2.75) is 6.92 Å². The normalized spacial score (nSPS) is 18.9. The van der Waals surface area contributed by atoms with Gasteiger partial charge in [0, 0.05) is 57.3 Å². The predicted octanol–water partition coefficient (Wildman–Crippen LogP) is 2.08. The molecule has 0 saturated carbocycles. The number of hydrogen-bond donors (Lipinski definition) is 0. The van der Waals surface area contributed by atoms with Crippen LogP contribution in [0.25, 0.3) is 0 Å². The number of nitrogens with zero attached hydrogens (tertiary/aromatic N) is 4. The van der Waals surface area contributed by atoms with E-state index in [2.05, 4.69) is 32.9 Å². The van der Waals surface area contributed by atoms with Crippen LogP contribution < -0.4 is 0 Å². The number of aliphatic imine (C=N–C) groups is 2. The van der Waals surface area contributed by atoms with Crippen molar-refractivity contribution in [2.24, 2.45) is 9.98 Å². The van der Waals surface area contributed by atoms with Gasteiger partial charge < -0.3 is 4.90 Å². The maximum Gasteiger partial charge on any atom is 0.0716 e. The molecule has 1 aliphatic rings. The molecule has 0 bridgehead atoms. The van der Waals surface area contributed by atoms with Crippen LogP contribution in [0.2, 0.25) is 0 Å². The van der Waals surface area contributed by atoms with E-state index in [4.69, 9.17) is 0 Å². The van der Waals surface area contributed by atoms with E-state index in [-0.39, 0.29) is 0 Å². The lowest BCUT2D eigenvalue weighted by Gasteiger charge is -2.31. The molecule has 0 amide bonds. The van der Waals surface area contributed by atoms with Crippen LogP contribution in [0.4, 0.5) is 5.69 Å². The highest BCUT2D eigenvalue weighted by Gasteiger charge is 2.12. The molecular formula is C16H24N4. The van der Waals surface area contributed by atoms with Gasteiger partial charge in [0.25, 0.3) is 0 Å². The van der Waals surface area contributed by atoms with Crippen LogP contribution >= 0.6 is 0 Å². The highest BCUT2D eigenvalue weighted by molar-refractivity contribution is 6.03. The molecule has 4 heteroatoms. The summed E-state index contributed by atoms with van der Waals surface area (Å²) in [6.45, 7) is 7.48. The third-order valence-corrected chi connectivity index (χ3v) is 3.80. The van der Waals surface area contributed by atoms with Crippen LogP contribution in [0, 0.1) is 0 Å². The second-order valence-electron chi connectivity index (χ2n) is 5.24. The third kappa shape index (κ3) is 3.99. The first-order valence-corrected chi connectivity index (χ1v) is 7.17. The Kier molecular flexibility index (Phi) is 5.44. The van der Waals surface area contributed by atoms with Gasteiger partial charge in [-0.1, -0.05) is 18.2 Å². The molecule has 0 atom stereocenters. The second kappa shape index (κ2) is 7.31. The summed E-state index contributed by atoms with van der Waals surface area (Å²) < 4.78 is 0. The Labute approximate surface area is 121 Å². The molecule has 0 aliphatic carbocycles. The summed E-state index contributed by atoms with van der Waals surface area (Å²) in [6, 6.07) is 8.17. The summed E-state index contributed by atoms with van der Waals surface area (Å²) in [5, 5.41) is 0. The van der Waals surface area contributed by atoms with Gasteiger partial charge in [-0.25, -0.2) is 0 Å². The van der Waals surface area contributed by atoms with Crippen LogP contribution in [-0.4, -0.2) is 68.5 Å². The van der Waals surface area contributed by atoms with Crippen molar-refractivity contribution in [3.63, 3.8) is 0 Å². The summed E-state index contributed by atoms with van der Waals surface area (Å²) >= 11 is 0. The molecule has 0 N–H and O–H groups in total. The van der Waals surface area contributed by atoms with E-state index in [9.17, 15) is 0 Å². The fraction of sp³-hybridized carbons (Fsp3) is 0.500. The highest BCUT2D eigenvalue weighted by atomic mass is 15.2. The van der Waals surface area contributed by atoms with Gasteiger partial charge in [-0.15, -0.1) is 0 Å². The molecule has 1 saturated heterocycles. The molecule has 1 heterocycles. The first-order valence-electron chi connectivity index (χ1n) is 7.17. The van der Waals surface area contributed by atoms with Gasteiger partial charge in [0.15, 0.2) is 0 Å². The Morgan fingerprint density at radius 3 is 2.60 bits per heavy atom. The second-order valence-corrected chi connectivity index (χ2v) is 5.24. The van der Waals surface area contributed by atoms with Crippen LogP contribution in [-0.2, 0) is 0 Å². The van der Waals surface area contributed by atoms with Gasteiger partial charge in [0.1, 0.15) is 0 Å². The minimum atomic E-state index is 0.921. The highest BCUT2D eigenvalue weighted by Crippen LogP contribution is 2.19. The number of likely N-dealkylation sites (N-methyl/N-ethyl adjacent to an activating group) is 1. The molecule has 0 aromatic heterocycles. The Morgan fingerprint density at radius 2 is 1.90 bits per heavy atom. The molecule has 1 fully saturated rings. The molecular weight excluding hydrogens is 248 g/mol. The predicted molar refractivity (Wildman–Crippen MR) is 86.7 cm³/mol. The van der Waals surface area contributed by atoms with Gasteiger partial charge in [-0.05, 0) is 20.0 Å². The van der Waals surface area contributed by atoms with Gasteiger partial charge in [0.05, 0.1) is 5.69 Å². The first-order chi connectivity index (χ1) is 9.70. The van der Waals surface area contributed by atoms with Crippen molar-refractivity contribution in [3.8, 4) is 0 Å². The van der Waals surface area contributed by atoms with Crippen molar-refractivity contribution in [1.82, 2.24) is 9.80 Å². The van der Waals surface area contributed by atoms with Crippen LogP contribution in [0.3, 0.4) is 0 Å². The zero-order chi connectivity index (χ0) is 14.4. The Morgan fingerprint density at radius 1 is 1.20 bits per heavy atom. The number of para-hydroxylation sites is 1. The lowest BCUT2D eigenvalue weighted by molar-refractivity contribution is 0.171. The van der Waals surface area contributed by atoms with Gasteiger partial charge in [-0.3, -0.25) is 14.9 Å². The van der Waals surface area contributed by atoms with Crippen molar-refractivity contribution in [1.29, 1.82) is 0 Å². The Balaban J connectivity index is 1.98. The SMILES string of the molecule is CN=C(C)c1ccccc1N=CCN1CCN(C)CC1. The van der Waals surface area contributed by atoms with E-state index in [0.717, 1.165) is 49.7 Å². The fourth-order valence-electron chi connectivity index (χ4n) is 2.30. The fourth-order valence-corrected chi connectivity index (χ4v) is 2.30. The molecule has 1 aromatic rings. The van der Waals surface area contributed by atoms with Crippen molar-refractivity contribution in [2.75, 3.05) is 46.8 Å². The number of piperazine rings is 1. The van der Waals surface area contributed by atoms with Crippen LogP contribution in [0.5, 0.6) is 0 Å². The van der Waals surface area contributed by atoms with Crippen molar-refractivity contribution in [3.05, 3.63) is 29.8 Å². The average molecular weight is 272 g/mol. The Bertz CT molecular complexity index is 485. The zero-order valence-electron chi connectivity index (χ0n) is 12.7. The molecule has 1 aromatic carbocycles. The van der Waals surface area contributed by atoms with E-state index in [1.807, 2.05) is 38.4 Å². The molecule has 108 valence electrons. The molecule has 1 aliphatic heterocycles. The molecule has 2 rings (SSSR count). The van der Waals surface area contributed by atoms with Crippen molar-refractivity contribution >= 4 is 17.6 Å².